The molecule has 7 heteroatoms. The number of aliphatic hydroxyl groups is 1. The van der Waals surface area contributed by atoms with E-state index in [0.717, 1.165) is 0 Å². The van der Waals surface area contributed by atoms with Crippen molar-refractivity contribution in [3.63, 3.8) is 0 Å². The van der Waals surface area contributed by atoms with Gasteiger partial charge in [-0.05, 0) is 25.0 Å². The Labute approximate surface area is 100 Å². The molecular formula is C10H15N3O3S. The van der Waals surface area contributed by atoms with Gasteiger partial charge in [-0.2, -0.15) is 4.31 Å². The van der Waals surface area contributed by atoms with E-state index in [4.69, 9.17) is 5.73 Å². The Morgan fingerprint density at radius 1 is 1.53 bits per heavy atom. The number of hydrogen-bond acceptors (Lipinski definition) is 5. The fourth-order valence-electron chi connectivity index (χ4n) is 1.90. The van der Waals surface area contributed by atoms with E-state index < -0.39 is 16.1 Å². The minimum atomic E-state index is -3.64. The van der Waals surface area contributed by atoms with Gasteiger partial charge in [0, 0.05) is 19.3 Å². The fourth-order valence-corrected chi connectivity index (χ4v) is 3.48. The Morgan fingerprint density at radius 2 is 2.29 bits per heavy atom. The SMILES string of the molecule is Nc1ncccc1S(=O)(=O)N1CCCC(O)C1. The Bertz CT molecular complexity index is 503. The number of anilines is 1. The van der Waals surface area contributed by atoms with Gasteiger partial charge in [0.2, 0.25) is 10.0 Å². The molecule has 1 fully saturated rings. The van der Waals surface area contributed by atoms with Crippen molar-refractivity contribution in [2.75, 3.05) is 18.8 Å². The number of aromatic nitrogens is 1. The summed E-state index contributed by atoms with van der Waals surface area (Å²) in [6, 6.07) is 2.96. The van der Waals surface area contributed by atoms with E-state index in [-0.39, 0.29) is 17.3 Å². The lowest BCUT2D eigenvalue weighted by atomic mass is 10.1. The second-order valence-electron chi connectivity index (χ2n) is 4.05. The van der Waals surface area contributed by atoms with Gasteiger partial charge in [-0.15, -0.1) is 0 Å². The minimum absolute atomic E-state index is 0.00689. The number of nitrogens with two attached hydrogens (primary N) is 1. The summed E-state index contributed by atoms with van der Waals surface area (Å²) in [6.07, 6.45) is 2.13. The topological polar surface area (TPSA) is 96.5 Å². The molecule has 1 aromatic heterocycles. The van der Waals surface area contributed by atoms with Crippen LogP contribution in [-0.2, 0) is 10.0 Å². The largest absolute Gasteiger partial charge is 0.392 e. The highest BCUT2D eigenvalue weighted by Crippen LogP contribution is 2.23. The van der Waals surface area contributed by atoms with Crippen LogP contribution in [0.15, 0.2) is 23.2 Å². The Kier molecular flexibility index (Phi) is 3.32. The first-order chi connectivity index (χ1) is 8.01. The summed E-state index contributed by atoms with van der Waals surface area (Å²) < 4.78 is 25.8. The van der Waals surface area contributed by atoms with Gasteiger partial charge >= 0.3 is 0 Å². The number of pyridine rings is 1. The summed E-state index contributed by atoms with van der Waals surface area (Å²) in [7, 11) is -3.64. The summed E-state index contributed by atoms with van der Waals surface area (Å²) in [5, 5.41) is 9.51. The molecule has 1 aromatic rings. The number of aliphatic hydroxyl groups excluding tert-OH is 1. The maximum Gasteiger partial charge on any atom is 0.246 e. The highest BCUT2D eigenvalue weighted by molar-refractivity contribution is 7.89. The molecule has 0 aromatic carbocycles. The lowest BCUT2D eigenvalue weighted by molar-refractivity contribution is 0.108. The average molecular weight is 257 g/mol. The molecule has 1 atom stereocenters. The van der Waals surface area contributed by atoms with Crippen LogP contribution in [-0.4, -0.2) is 42.0 Å². The highest BCUT2D eigenvalue weighted by Gasteiger charge is 2.30. The number of sulfonamides is 1. The van der Waals surface area contributed by atoms with Gasteiger partial charge in [-0.3, -0.25) is 0 Å². The molecule has 0 radical (unpaired) electrons. The lowest BCUT2D eigenvalue weighted by Gasteiger charge is -2.29. The van der Waals surface area contributed by atoms with Gasteiger partial charge < -0.3 is 10.8 Å². The van der Waals surface area contributed by atoms with Crippen LogP contribution in [0.25, 0.3) is 0 Å². The predicted molar refractivity (Wildman–Crippen MR) is 62.6 cm³/mol. The Balaban J connectivity index is 2.33. The van der Waals surface area contributed by atoms with Crippen LogP contribution in [0.5, 0.6) is 0 Å². The van der Waals surface area contributed by atoms with Crippen molar-refractivity contribution in [2.24, 2.45) is 0 Å². The van der Waals surface area contributed by atoms with Crippen molar-refractivity contribution in [2.45, 2.75) is 23.8 Å². The van der Waals surface area contributed by atoms with E-state index >= 15 is 0 Å². The van der Waals surface area contributed by atoms with E-state index in [9.17, 15) is 13.5 Å². The molecule has 3 N–H and O–H groups in total. The molecule has 1 unspecified atom stereocenters. The highest BCUT2D eigenvalue weighted by atomic mass is 32.2. The zero-order chi connectivity index (χ0) is 12.5. The van der Waals surface area contributed by atoms with Crippen molar-refractivity contribution in [1.29, 1.82) is 0 Å². The Hall–Kier alpha value is -1.18. The molecule has 1 saturated heterocycles. The zero-order valence-corrected chi connectivity index (χ0v) is 10.1. The van der Waals surface area contributed by atoms with Crippen LogP contribution in [0.2, 0.25) is 0 Å². The van der Waals surface area contributed by atoms with Crippen molar-refractivity contribution in [3.05, 3.63) is 18.3 Å². The van der Waals surface area contributed by atoms with Crippen LogP contribution in [0.4, 0.5) is 5.82 Å². The van der Waals surface area contributed by atoms with Gasteiger partial charge in [-0.25, -0.2) is 13.4 Å². The van der Waals surface area contributed by atoms with Gasteiger partial charge in [0.05, 0.1) is 6.10 Å². The fraction of sp³-hybridized carbons (Fsp3) is 0.500. The molecular weight excluding hydrogens is 242 g/mol. The maximum atomic E-state index is 12.2. The molecule has 1 aliphatic heterocycles. The third-order valence-corrected chi connectivity index (χ3v) is 4.69. The first-order valence-corrected chi connectivity index (χ1v) is 6.84. The molecule has 0 amide bonds. The van der Waals surface area contributed by atoms with Crippen molar-refractivity contribution < 1.29 is 13.5 Å². The number of hydrogen-bond donors (Lipinski definition) is 2. The first kappa shape index (κ1) is 12.3. The van der Waals surface area contributed by atoms with Gasteiger partial charge in [0.1, 0.15) is 10.7 Å². The standard InChI is InChI=1S/C10H15N3O3S/c11-10-9(4-1-5-12-10)17(15,16)13-6-2-3-8(14)7-13/h1,4-5,8,14H,2-3,6-7H2,(H2,11,12). The molecule has 6 nitrogen and oxygen atoms in total. The smallest absolute Gasteiger partial charge is 0.246 e. The second kappa shape index (κ2) is 4.59. The zero-order valence-electron chi connectivity index (χ0n) is 9.28. The summed E-state index contributed by atoms with van der Waals surface area (Å²) in [5.41, 5.74) is 5.57. The molecule has 2 rings (SSSR count). The predicted octanol–water partition coefficient (Wildman–Crippen LogP) is -0.191. The monoisotopic (exact) mass is 257 g/mol. The van der Waals surface area contributed by atoms with Crippen LogP contribution >= 0.6 is 0 Å². The molecule has 0 bridgehead atoms. The molecule has 2 heterocycles. The third kappa shape index (κ3) is 2.41. The Morgan fingerprint density at radius 3 is 2.94 bits per heavy atom. The summed E-state index contributed by atoms with van der Waals surface area (Å²) in [5.74, 6) is -0.00689. The molecule has 17 heavy (non-hydrogen) atoms. The van der Waals surface area contributed by atoms with Gasteiger partial charge in [-0.1, -0.05) is 0 Å². The van der Waals surface area contributed by atoms with Crippen LogP contribution in [0, 0.1) is 0 Å². The molecule has 1 aliphatic rings. The maximum absolute atomic E-state index is 12.2. The van der Waals surface area contributed by atoms with Crippen LogP contribution in [0.1, 0.15) is 12.8 Å². The average Bonchev–Trinajstić information content (AvgIpc) is 2.29. The lowest BCUT2D eigenvalue weighted by Crippen LogP contribution is -2.42. The number of rotatable bonds is 2. The van der Waals surface area contributed by atoms with E-state index in [1.165, 1.54) is 22.6 Å². The number of nitrogen functional groups attached to an aromatic ring is 1. The van der Waals surface area contributed by atoms with Crippen LogP contribution < -0.4 is 5.73 Å². The van der Waals surface area contributed by atoms with E-state index in [1.807, 2.05) is 0 Å². The summed E-state index contributed by atoms with van der Waals surface area (Å²) in [6.45, 7) is 0.532. The van der Waals surface area contributed by atoms with Crippen LogP contribution in [0.3, 0.4) is 0 Å². The molecule has 0 aliphatic carbocycles. The quantitative estimate of drug-likeness (QED) is 0.765. The van der Waals surface area contributed by atoms with E-state index in [0.29, 0.717) is 19.4 Å². The van der Waals surface area contributed by atoms with Crippen molar-refractivity contribution in [3.8, 4) is 0 Å². The number of nitrogens with zero attached hydrogens (tertiary/aromatic N) is 2. The van der Waals surface area contributed by atoms with E-state index in [2.05, 4.69) is 4.98 Å². The van der Waals surface area contributed by atoms with Gasteiger partial charge in [0.15, 0.2) is 0 Å². The molecule has 0 saturated carbocycles. The number of β-amino-alcohol motifs (C(OH)–C–C–N with tert-alkyl or cyclic N) is 1. The van der Waals surface area contributed by atoms with Crippen molar-refractivity contribution >= 4 is 15.8 Å². The third-order valence-electron chi connectivity index (χ3n) is 2.78. The molecule has 94 valence electrons. The number of piperidine rings is 1. The minimum Gasteiger partial charge on any atom is -0.392 e. The second-order valence-corrected chi connectivity index (χ2v) is 5.95. The first-order valence-electron chi connectivity index (χ1n) is 5.40. The summed E-state index contributed by atoms with van der Waals surface area (Å²) in [4.78, 5) is 3.78. The summed E-state index contributed by atoms with van der Waals surface area (Å²) >= 11 is 0. The van der Waals surface area contributed by atoms with Gasteiger partial charge in [0.25, 0.3) is 0 Å². The van der Waals surface area contributed by atoms with E-state index in [1.54, 1.807) is 0 Å². The van der Waals surface area contributed by atoms with Crippen molar-refractivity contribution in [1.82, 2.24) is 9.29 Å². The normalized spacial score (nSPS) is 22.5. The molecule has 0 spiro atoms.